The summed E-state index contributed by atoms with van der Waals surface area (Å²) in [7, 11) is 0. The third-order valence-electron chi connectivity index (χ3n) is 4.65. The van der Waals surface area contributed by atoms with E-state index in [1.165, 1.54) is 5.56 Å². The molecule has 1 aromatic heterocycles. The summed E-state index contributed by atoms with van der Waals surface area (Å²) in [6, 6.07) is 0.155. The monoisotopic (exact) mass is 366 g/mol. The Morgan fingerprint density at radius 1 is 1.20 bits per heavy atom. The molecule has 1 aliphatic heterocycles. The number of aromatic nitrogens is 2. The molecule has 25 heavy (non-hydrogen) atoms. The van der Waals surface area contributed by atoms with E-state index in [2.05, 4.69) is 15.5 Å². The van der Waals surface area contributed by atoms with E-state index in [0.717, 1.165) is 56.5 Å². The van der Waals surface area contributed by atoms with E-state index in [-0.39, 0.29) is 12.1 Å². The van der Waals surface area contributed by atoms with Crippen LogP contribution in [0.2, 0.25) is 5.15 Å². The van der Waals surface area contributed by atoms with Crippen molar-refractivity contribution in [3.8, 4) is 0 Å². The molecule has 1 N–H and O–H groups in total. The first-order valence-electron chi connectivity index (χ1n) is 9.12. The third-order valence-corrected chi connectivity index (χ3v) is 4.96. The largest absolute Gasteiger partial charge is 0.444 e. The molecule has 1 amide bonds. The Balaban J connectivity index is 1.68. The number of carbonyl (C=O) groups is 1. The second-order valence-electron chi connectivity index (χ2n) is 7.91. The van der Waals surface area contributed by atoms with Gasteiger partial charge >= 0.3 is 6.09 Å². The predicted molar refractivity (Wildman–Crippen MR) is 98.1 cm³/mol. The summed E-state index contributed by atoms with van der Waals surface area (Å²) in [4.78, 5) is 14.1. The fraction of sp³-hybridized carbons (Fsp3) is 0.722. The lowest BCUT2D eigenvalue weighted by Crippen LogP contribution is -2.47. The molecule has 138 valence electrons. The molecule has 0 bridgehead atoms. The minimum Gasteiger partial charge on any atom is -0.444 e. The Labute approximate surface area is 154 Å². The lowest BCUT2D eigenvalue weighted by atomic mass is 9.93. The number of carbonyl (C=O) groups excluding carboxylic acids is 1. The van der Waals surface area contributed by atoms with Crippen LogP contribution in [0.4, 0.5) is 10.6 Å². The first-order chi connectivity index (χ1) is 11.8. The quantitative estimate of drug-likeness (QED) is 0.861. The van der Waals surface area contributed by atoms with Gasteiger partial charge in [-0.2, -0.15) is 0 Å². The number of likely N-dealkylation sites (tertiary alicyclic amines) is 1. The van der Waals surface area contributed by atoms with E-state index >= 15 is 0 Å². The number of anilines is 1. The molecule has 0 unspecified atom stereocenters. The van der Waals surface area contributed by atoms with E-state index in [1.54, 1.807) is 4.90 Å². The van der Waals surface area contributed by atoms with E-state index in [1.807, 2.05) is 20.8 Å². The molecule has 3 rings (SSSR count). The minimum absolute atomic E-state index is 0.155. The topological polar surface area (TPSA) is 67.3 Å². The van der Waals surface area contributed by atoms with Crippen molar-refractivity contribution in [3.63, 3.8) is 0 Å². The summed E-state index contributed by atoms with van der Waals surface area (Å²) in [6.45, 7) is 7.02. The van der Waals surface area contributed by atoms with Crippen LogP contribution < -0.4 is 5.32 Å². The van der Waals surface area contributed by atoms with Gasteiger partial charge in [-0.05, 0) is 64.9 Å². The van der Waals surface area contributed by atoms with Crippen molar-refractivity contribution in [1.29, 1.82) is 0 Å². The molecule has 1 atom stereocenters. The van der Waals surface area contributed by atoms with Crippen LogP contribution in [0.25, 0.3) is 0 Å². The molecule has 2 heterocycles. The molecule has 6 nitrogen and oxygen atoms in total. The molecule has 1 aliphatic carbocycles. The molecule has 0 saturated carbocycles. The maximum Gasteiger partial charge on any atom is 0.410 e. The zero-order valence-electron chi connectivity index (χ0n) is 15.3. The van der Waals surface area contributed by atoms with Crippen LogP contribution in [-0.4, -0.2) is 45.9 Å². The highest BCUT2D eigenvalue weighted by Crippen LogP contribution is 2.31. The van der Waals surface area contributed by atoms with Gasteiger partial charge in [0.2, 0.25) is 0 Å². The maximum absolute atomic E-state index is 12.3. The summed E-state index contributed by atoms with van der Waals surface area (Å²) in [5.74, 6) is 0.829. The van der Waals surface area contributed by atoms with Gasteiger partial charge in [0.05, 0.1) is 0 Å². The molecular formula is C18H27ClN4O2. The van der Waals surface area contributed by atoms with Gasteiger partial charge in [0.1, 0.15) is 5.60 Å². The zero-order valence-corrected chi connectivity index (χ0v) is 16.0. The smallest absolute Gasteiger partial charge is 0.410 e. The molecular weight excluding hydrogens is 340 g/mol. The van der Waals surface area contributed by atoms with Gasteiger partial charge in [-0.1, -0.05) is 11.6 Å². The first-order valence-corrected chi connectivity index (χ1v) is 9.49. The summed E-state index contributed by atoms with van der Waals surface area (Å²) in [5.41, 5.74) is 1.85. The Morgan fingerprint density at radius 3 is 2.64 bits per heavy atom. The number of nitrogens with one attached hydrogen (secondary N) is 1. The SMILES string of the molecule is CC(C)(C)OC(=O)N1CCC[C@@H](Nc2nnc(Cl)c3c2CCCC3)C1. The van der Waals surface area contributed by atoms with Crippen LogP contribution in [0, 0.1) is 0 Å². The van der Waals surface area contributed by atoms with Crippen molar-refractivity contribution in [3.05, 3.63) is 16.3 Å². The van der Waals surface area contributed by atoms with Crippen molar-refractivity contribution in [1.82, 2.24) is 15.1 Å². The summed E-state index contributed by atoms with van der Waals surface area (Å²) in [5, 5.41) is 12.4. The van der Waals surface area contributed by atoms with Crippen molar-refractivity contribution in [2.75, 3.05) is 18.4 Å². The van der Waals surface area contributed by atoms with Crippen LogP contribution in [-0.2, 0) is 17.6 Å². The Morgan fingerprint density at radius 2 is 1.92 bits per heavy atom. The summed E-state index contributed by atoms with van der Waals surface area (Å²) >= 11 is 6.21. The predicted octanol–water partition coefficient (Wildman–Crippen LogP) is 3.82. The molecule has 7 heteroatoms. The normalized spacial score (nSPS) is 20.8. The summed E-state index contributed by atoms with van der Waals surface area (Å²) < 4.78 is 5.50. The van der Waals surface area contributed by atoms with Gasteiger partial charge in [0.25, 0.3) is 0 Å². The Bertz CT molecular complexity index is 645. The molecule has 1 aromatic rings. The highest BCUT2D eigenvalue weighted by atomic mass is 35.5. The van der Waals surface area contributed by atoms with Gasteiger partial charge in [-0.25, -0.2) is 4.79 Å². The molecule has 1 fully saturated rings. The molecule has 0 aromatic carbocycles. The zero-order chi connectivity index (χ0) is 18.0. The number of halogens is 1. The van der Waals surface area contributed by atoms with E-state index in [9.17, 15) is 4.79 Å². The van der Waals surface area contributed by atoms with Gasteiger partial charge < -0.3 is 15.0 Å². The number of amides is 1. The van der Waals surface area contributed by atoms with Gasteiger partial charge in [0, 0.05) is 24.7 Å². The van der Waals surface area contributed by atoms with Crippen LogP contribution in [0.3, 0.4) is 0 Å². The van der Waals surface area contributed by atoms with Gasteiger partial charge in [-0.3, -0.25) is 0 Å². The second-order valence-corrected chi connectivity index (χ2v) is 8.27. The van der Waals surface area contributed by atoms with E-state index in [4.69, 9.17) is 16.3 Å². The molecule has 1 saturated heterocycles. The van der Waals surface area contributed by atoms with E-state index in [0.29, 0.717) is 11.7 Å². The Kier molecular flexibility index (Phi) is 5.37. The average molecular weight is 367 g/mol. The second kappa shape index (κ2) is 7.36. The lowest BCUT2D eigenvalue weighted by molar-refractivity contribution is 0.0206. The fourth-order valence-corrected chi connectivity index (χ4v) is 3.75. The standard InChI is InChI=1S/C18H27ClN4O2/c1-18(2,3)25-17(24)23-10-6-7-12(11-23)20-16-14-9-5-4-8-13(14)15(19)21-22-16/h12H,4-11H2,1-3H3,(H,20,22)/t12-/m1/s1. The van der Waals surface area contributed by atoms with Gasteiger partial charge in [0.15, 0.2) is 11.0 Å². The number of hydrogen-bond acceptors (Lipinski definition) is 5. The molecule has 0 spiro atoms. The van der Waals surface area contributed by atoms with Crippen molar-refractivity contribution < 1.29 is 9.53 Å². The summed E-state index contributed by atoms with van der Waals surface area (Å²) in [6.07, 6.45) is 5.94. The van der Waals surface area contributed by atoms with Crippen molar-refractivity contribution in [2.24, 2.45) is 0 Å². The number of nitrogens with zero attached hydrogens (tertiary/aromatic N) is 3. The van der Waals surface area contributed by atoms with Crippen molar-refractivity contribution in [2.45, 2.75) is 70.9 Å². The Hall–Kier alpha value is -1.56. The number of hydrogen-bond donors (Lipinski definition) is 1. The highest BCUT2D eigenvalue weighted by Gasteiger charge is 2.29. The first kappa shape index (κ1) is 18.2. The number of piperidine rings is 1. The number of fused-ring (bicyclic) bond motifs is 1. The lowest BCUT2D eigenvalue weighted by Gasteiger charge is -2.35. The minimum atomic E-state index is -0.474. The van der Waals surface area contributed by atoms with Crippen LogP contribution in [0.15, 0.2) is 0 Å². The maximum atomic E-state index is 12.3. The van der Waals surface area contributed by atoms with E-state index < -0.39 is 5.60 Å². The average Bonchev–Trinajstić information content (AvgIpc) is 2.56. The van der Waals surface area contributed by atoms with Crippen molar-refractivity contribution >= 4 is 23.5 Å². The number of ether oxygens (including phenoxy) is 1. The van der Waals surface area contributed by atoms with Crippen LogP contribution in [0.1, 0.15) is 57.6 Å². The number of rotatable bonds is 2. The highest BCUT2D eigenvalue weighted by molar-refractivity contribution is 6.30. The molecule has 2 aliphatic rings. The van der Waals surface area contributed by atoms with Crippen LogP contribution >= 0.6 is 11.6 Å². The third kappa shape index (κ3) is 4.54. The van der Waals surface area contributed by atoms with Crippen LogP contribution in [0.5, 0.6) is 0 Å². The molecule has 0 radical (unpaired) electrons. The van der Waals surface area contributed by atoms with Gasteiger partial charge in [-0.15, -0.1) is 10.2 Å². The fourth-order valence-electron chi connectivity index (χ4n) is 3.51.